The number of ether oxygens (including phenoxy) is 1. The van der Waals surface area contributed by atoms with E-state index < -0.39 is 0 Å². The number of para-hydroxylation sites is 1. The smallest absolute Gasteiger partial charge is 0.274 e. The van der Waals surface area contributed by atoms with Gasteiger partial charge in [0.25, 0.3) is 5.91 Å². The topological polar surface area (TPSA) is 58.6 Å². The molecule has 0 N–H and O–H groups in total. The Morgan fingerprint density at radius 2 is 2.09 bits per heavy atom. The summed E-state index contributed by atoms with van der Waals surface area (Å²) < 4.78 is 5.47. The van der Waals surface area contributed by atoms with Crippen LogP contribution in [0.1, 0.15) is 22.1 Å². The van der Waals surface area contributed by atoms with Crippen LogP contribution in [0.3, 0.4) is 0 Å². The summed E-state index contributed by atoms with van der Waals surface area (Å²) in [6.45, 7) is 2.08. The number of hydrogen-bond donors (Lipinski definition) is 0. The lowest BCUT2D eigenvalue weighted by molar-refractivity contribution is 0.0536. The van der Waals surface area contributed by atoms with Crippen molar-refractivity contribution in [3.63, 3.8) is 0 Å². The minimum atomic E-state index is -0.0777. The highest BCUT2D eigenvalue weighted by Crippen LogP contribution is 2.31. The molecule has 2 heterocycles. The van der Waals surface area contributed by atoms with Crippen LogP contribution in [0, 0.1) is 0 Å². The van der Waals surface area contributed by atoms with E-state index in [-0.39, 0.29) is 11.9 Å². The molecule has 1 fully saturated rings. The maximum Gasteiger partial charge on any atom is 0.274 e. The highest BCUT2D eigenvalue weighted by atomic mass is 16.5. The van der Waals surface area contributed by atoms with Gasteiger partial charge in [-0.25, -0.2) is 4.98 Å². The average Bonchev–Trinajstić information content (AvgIpc) is 2.62. The van der Waals surface area contributed by atoms with E-state index in [1.165, 1.54) is 6.20 Å². The molecule has 0 unspecified atom stereocenters. The Labute approximate surface area is 135 Å². The second-order valence-corrected chi connectivity index (χ2v) is 5.58. The maximum absolute atomic E-state index is 12.6. The number of nitrogens with zero attached hydrogens (tertiary/aromatic N) is 4. The third-order valence-corrected chi connectivity index (χ3v) is 4.22. The maximum atomic E-state index is 12.6. The van der Waals surface area contributed by atoms with E-state index >= 15 is 0 Å². The molecule has 0 radical (unpaired) electrons. The van der Waals surface area contributed by atoms with Gasteiger partial charge in [0, 0.05) is 37.6 Å². The quantitative estimate of drug-likeness (QED) is 0.862. The summed E-state index contributed by atoms with van der Waals surface area (Å²) in [7, 11) is 3.74. The van der Waals surface area contributed by atoms with E-state index in [1.54, 1.807) is 19.5 Å². The minimum absolute atomic E-state index is 0.0777. The van der Waals surface area contributed by atoms with Gasteiger partial charge in [0.2, 0.25) is 0 Å². The van der Waals surface area contributed by atoms with Crippen molar-refractivity contribution in [2.75, 3.05) is 33.8 Å². The molecule has 0 spiro atoms. The second-order valence-electron chi connectivity index (χ2n) is 5.58. The predicted octanol–water partition coefficient (Wildman–Crippen LogP) is 1.61. The van der Waals surface area contributed by atoms with Crippen molar-refractivity contribution in [1.29, 1.82) is 0 Å². The van der Waals surface area contributed by atoms with Crippen LogP contribution < -0.4 is 4.74 Å². The van der Waals surface area contributed by atoms with Crippen LogP contribution >= 0.6 is 0 Å². The number of piperazine rings is 1. The number of hydrogen-bond acceptors (Lipinski definition) is 5. The number of carbonyl (C=O) groups is 1. The van der Waals surface area contributed by atoms with Crippen LogP contribution in [-0.2, 0) is 0 Å². The number of methoxy groups -OCH3 is 1. The zero-order chi connectivity index (χ0) is 16.2. The summed E-state index contributed by atoms with van der Waals surface area (Å²) in [5, 5.41) is 0. The molecular formula is C17H20N4O2. The van der Waals surface area contributed by atoms with Gasteiger partial charge in [0.05, 0.1) is 19.3 Å². The molecule has 0 saturated carbocycles. The monoisotopic (exact) mass is 312 g/mol. The molecule has 1 aromatic carbocycles. The fourth-order valence-corrected chi connectivity index (χ4v) is 2.91. The van der Waals surface area contributed by atoms with Gasteiger partial charge in [0.1, 0.15) is 11.4 Å². The molecule has 2 aromatic rings. The molecule has 120 valence electrons. The van der Waals surface area contributed by atoms with Crippen LogP contribution in [-0.4, -0.2) is 59.5 Å². The van der Waals surface area contributed by atoms with Crippen molar-refractivity contribution in [2.24, 2.45) is 0 Å². The van der Waals surface area contributed by atoms with Crippen molar-refractivity contribution >= 4 is 5.91 Å². The number of benzene rings is 1. The predicted molar refractivity (Wildman–Crippen MR) is 86.3 cm³/mol. The van der Waals surface area contributed by atoms with Gasteiger partial charge in [-0.1, -0.05) is 18.2 Å². The van der Waals surface area contributed by atoms with Crippen molar-refractivity contribution < 1.29 is 9.53 Å². The number of likely N-dealkylation sites (N-methyl/N-ethyl adjacent to an activating group) is 1. The molecule has 1 atom stereocenters. The first-order chi connectivity index (χ1) is 11.2. The zero-order valence-electron chi connectivity index (χ0n) is 13.3. The SMILES string of the molecule is COc1ccccc1[C@@H]1CN(C(=O)c2cnccn2)CCN1C. The van der Waals surface area contributed by atoms with Crippen molar-refractivity contribution in [3.8, 4) is 5.75 Å². The second kappa shape index (κ2) is 6.75. The van der Waals surface area contributed by atoms with Crippen LogP contribution in [0.25, 0.3) is 0 Å². The molecule has 3 rings (SSSR count). The van der Waals surface area contributed by atoms with Gasteiger partial charge in [0.15, 0.2) is 0 Å². The number of aromatic nitrogens is 2. The molecule has 1 saturated heterocycles. The van der Waals surface area contributed by atoms with Crippen LogP contribution in [0.2, 0.25) is 0 Å². The van der Waals surface area contributed by atoms with Crippen molar-refractivity contribution in [3.05, 3.63) is 54.1 Å². The third kappa shape index (κ3) is 3.17. The molecule has 1 amide bonds. The standard InChI is InChI=1S/C17H20N4O2/c1-20-9-10-21(17(22)14-11-18-7-8-19-14)12-15(20)13-5-3-4-6-16(13)23-2/h3-8,11,15H,9-10,12H2,1-2H3/t15-/m0/s1. The van der Waals surface area contributed by atoms with E-state index in [4.69, 9.17) is 4.74 Å². The third-order valence-electron chi connectivity index (χ3n) is 4.22. The average molecular weight is 312 g/mol. The van der Waals surface area contributed by atoms with E-state index in [9.17, 15) is 4.79 Å². The van der Waals surface area contributed by atoms with Gasteiger partial charge < -0.3 is 9.64 Å². The molecule has 1 aliphatic rings. The van der Waals surface area contributed by atoms with Gasteiger partial charge >= 0.3 is 0 Å². The first kappa shape index (κ1) is 15.4. The molecule has 1 aliphatic heterocycles. The Hall–Kier alpha value is -2.47. The van der Waals surface area contributed by atoms with Crippen LogP contribution in [0.5, 0.6) is 5.75 Å². The summed E-state index contributed by atoms with van der Waals surface area (Å²) in [5.74, 6) is 0.768. The minimum Gasteiger partial charge on any atom is -0.496 e. The largest absolute Gasteiger partial charge is 0.496 e. The first-order valence-electron chi connectivity index (χ1n) is 7.59. The highest BCUT2D eigenvalue weighted by molar-refractivity contribution is 5.92. The lowest BCUT2D eigenvalue weighted by atomic mass is 10.0. The summed E-state index contributed by atoms with van der Waals surface area (Å²) in [6, 6.07) is 8.05. The summed E-state index contributed by atoms with van der Waals surface area (Å²) in [5.41, 5.74) is 1.48. The molecule has 1 aromatic heterocycles. The lowest BCUT2D eigenvalue weighted by Gasteiger charge is -2.39. The number of carbonyl (C=O) groups excluding carboxylic acids is 1. The molecule has 23 heavy (non-hydrogen) atoms. The molecule has 0 bridgehead atoms. The van der Waals surface area contributed by atoms with Crippen molar-refractivity contribution in [2.45, 2.75) is 6.04 Å². The first-order valence-corrected chi connectivity index (χ1v) is 7.59. The van der Waals surface area contributed by atoms with E-state index in [2.05, 4.69) is 28.0 Å². The lowest BCUT2D eigenvalue weighted by Crippen LogP contribution is -2.49. The van der Waals surface area contributed by atoms with E-state index in [1.807, 2.05) is 23.1 Å². The van der Waals surface area contributed by atoms with Crippen molar-refractivity contribution in [1.82, 2.24) is 19.8 Å². The Morgan fingerprint density at radius 1 is 1.26 bits per heavy atom. The van der Waals surface area contributed by atoms with Gasteiger partial charge in [-0.3, -0.25) is 14.7 Å². The van der Waals surface area contributed by atoms with Crippen LogP contribution in [0.15, 0.2) is 42.9 Å². The van der Waals surface area contributed by atoms with E-state index in [0.29, 0.717) is 18.8 Å². The summed E-state index contributed by atoms with van der Waals surface area (Å²) in [4.78, 5) is 24.8. The molecule has 6 heteroatoms. The molecular weight excluding hydrogens is 292 g/mol. The zero-order valence-corrected chi connectivity index (χ0v) is 13.3. The number of amides is 1. The molecule has 6 nitrogen and oxygen atoms in total. The molecule has 0 aliphatic carbocycles. The van der Waals surface area contributed by atoms with Gasteiger partial charge in [-0.2, -0.15) is 0 Å². The van der Waals surface area contributed by atoms with E-state index in [0.717, 1.165) is 17.9 Å². The summed E-state index contributed by atoms with van der Waals surface area (Å²) in [6.07, 6.45) is 4.62. The van der Waals surface area contributed by atoms with Gasteiger partial charge in [-0.05, 0) is 13.1 Å². The normalized spacial score (nSPS) is 18.7. The highest BCUT2D eigenvalue weighted by Gasteiger charge is 2.30. The fourth-order valence-electron chi connectivity index (χ4n) is 2.91. The Morgan fingerprint density at radius 3 is 2.83 bits per heavy atom. The Kier molecular flexibility index (Phi) is 4.52. The van der Waals surface area contributed by atoms with Gasteiger partial charge in [-0.15, -0.1) is 0 Å². The van der Waals surface area contributed by atoms with Crippen LogP contribution in [0.4, 0.5) is 0 Å². The Balaban J connectivity index is 1.83. The summed E-state index contributed by atoms with van der Waals surface area (Å²) >= 11 is 0. The fraction of sp³-hybridized carbons (Fsp3) is 0.353. The number of rotatable bonds is 3. The Bertz CT molecular complexity index is 677.